The lowest BCUT2D eigenvalue weighted by atomic mass is 9.94. The van der Waals surface area contributed by atoms with E-state index in [1.165, 1.54) is 27.8 Å². The third kappa shape index (κ3) is 1.92. The molecule has 0 saturated carbocycles. The molecular formula is C12H19N. The Morgan fingerprint density at radius 3 is 1.85 bits per heavy atom. The van der Waals surface area contributed by atoms with E-state index in [1.807, 2.05) is 7.05 Å². The van der Waals surface area contributed by atoms with Crippen LogP contribution in [-0.2, 0) is 6.54 Å². The SMILES string of the molecule is CNCc1c(C)c(C)cc(C)c1C. The predicted octanol–water partition coefficient (Wildman–Crippen LogP) is 2.64. The van der Waals surface area contributed by atoms with E-state index in [9.17, 15) is 0 Å². The first kappa shape index (κ1) is 10.3. The molecular weight excluding hydrogens is 158 g/mol. The lowest BCUT2D eigenvalue weighted by Gasteiger charge is -2.14. The largest absolute Gasteiger partial charge is 0.316 e. The Balaban J connectivity index is 3.28. The van der Waals surface area contributed by atoms with Crippen LogP contribution >= 0.6 is 0 Å². The van der Waals surface area contributed by atoms with Gasteiger partial charge in [-0.15, -0.1) is 0 Å². The molecule has 72 valence electrons. The second-order valence-corrected chi connectivity index (χ2v) is 3.77. The van der Waals surface area contributed by atoms with Crippen molar-refractivity contribution in [1.82, 2.24) is 5.32 Å². The maximum absolute atomic E-state index is 3.22. The van der Waals surface area contributed by atoms with Gasteiger partial charge in [-0.25, -0.2) is 0 Å². The summed E-state index contributed by atoms with van der Waals surface area (Å²) in [4.78, 5) is 0. The predicted molar refractivity (Wildman–Crippen MR) is 58.2 cm³/mol. The Morgan fingerprint density at radius 1 is 1.00 bits per heavy atom. The average Bonchev–Trinajstić information content (AvgIpc) is 2.09. The van der Waals surface area contributed by atoms with Crippen LogP contribution in [0, 0.1) is 27.7 Å². The minimum absolute atomic E-state index is 0.972. The molecule has 1 N–H and O–H groups in total. The highest BCUT2D eigenvalue weighted by Gasteiger charge is 2.06. The highest BCUT2D eigenvalue weighted by Crippen LogP contribution is 2.21. The molecule has 13 heavy (non-hydrogen) atoms. The van der Waals surface area contributed by atoms with Gasteiger partial charge in [0.15, 0.2) is 0 Å². The molecule has 0 aliphatic rings. The summed E-state index contributed by atoms with van der Waals surface area (Å²) in [6, 6.07) is 2.27. The molecule has 1 nitrogen and oxygen atoms in total. The fraction of sp³-hybridized carbons (Fsp3) is 0.500. The fourth-order valence-electron chi connectivity index (χ4n) is 1.74. The van der Waals surface area contributed by atoms with Gasteiger partial charge in [-0.1, -0.05) is 6.07 Å². The summed E-state index contributed by atoms with van der Waals surface area (Å²) in [5.41, 5.74) is 7.11. The third-order valence-corrected chi connectivity index (χ3v) is 2.87. The van der Waals surface area contributed by atoms with E-state index >= 15 is 0 Å². The van der Waals surface area contributed by atoms with Crippen molar-refractivity contribution in [3.05, 3.63) is 33.9 Å². The fourth-order valence-corrected chi connectivity index (χ4v) is 1.74. The van der Waals surface area contributed by atoms with Gasteiger partial charge >= 0.3 is 0 Å². The monoisotopic (exact) mass is 177 g/mol. The summed E-state index contributed by atoms with van der Waals surface area (Å²) in [5.74, 6) is 0. The minimum Gasteiger partial charge on any atom is -0.316 e. The molecule has 0 bridgehead atoms. The second-order valence-electron chi connectivity index (χ2n) is 3.77. The van der Waals surface area contributed by atoms with Crippen LogP contribution < -0.4 is 5.32 Å². The molecule has 0 heterocycles. The second kappa shape index (κ2) is 3.93. The Hall–Kier alpha value is -0.820. The van der Waals surface area contributed by atoms with E-state index in [1.54, 1.807) is 0 Å². The van der Waals surface area contributed by atoms with E-state index in [4.69, 9.17) is 0 Å². The lowest BCUT2D eigenvalue weighted by Crippen LogP contribution is -2.10. The Kier molecular flexibility index (Phi) is 3.10. The van der Waals surface area contributed by atoms with Gasteiger partial charge in [-0.05, 0) is 62.6 Å². The van der Waals surface area contributed by atoms with Crippen molar-refractivity contribution in [3.63, 3.8) is 0 Å². The van der Waals surface area contributed by atoms with Gasteiger partial charge in [0, 0.05) is 6.54 Å². The van der Waals surface area contributed by atoms with E-state index in [0.717, 1.165) is 6.54 Å². The number of benzene rings is 1. The van der Waals surface area contributed by atoms with Gasteiger partial charge in [0.05, 0.1) is 0 Å². The van der Waals surface area contributed by atoms with Gasteiger partial charge in [0.25, 0.3) is 0 Å². The number of aryl methyl sites for hydroxylation is 2. The molecule has 0 aliphatic heterocycles. The van der Waals surface area contributed by atoms with Crippen LogP contribution in [0.2, 0.25) is 0 Å². The number of hydrogen-bond acceptors (Lipinski definition) is 1. The lowest BCUT2D eigenvalue weighted by molar-refractivity contribution is 0.802. The highest BCUT2D eigenvalue weighted by molar-refractivity contribution is 5.43. The van der Waals surface area contributed by atoms with Crippen LogP contribution in [0.5, 0.6) is 0 Å². The molecule has 1 rings (SSSR count). The van der Waals surface area contributed by atoms with E-state index < -0.39 is 0 Å². The van der Waals surface area contributed by atoms with Crippen molar-refractivity contribution in [2.45, 2.75) is 34.2 Å². The maximum atomic E-state index is 3.22. The van der Waals surface area contributed by atoms with Crippen molar-refractivity contribution >= 4 is 0 Å². The molecule has 1 aromatic rings. The van der Waals surface area contributed by atoms with E-state index in [0.29, 0.717) is 0 Å². The Bertz CT molecular complexity index is 287. The van der Waals surface area contributed by atoms with Gasteiger partial charge in [0.1, 0.15) is 0 Å². The zero-order chi connectivity index (χ0) is 10.0. The molecule has 0 radical (unpaired) electrons. The summed E-state index contributed by atoms with van der Waals surface area (Å²) >= 11 is 0. The molecule has 0 spiro atoms. The summed E-state index contributed by atoms with van der Waals surface area (Å²) < 4.78 is 0. The molecule has 1 heteroatoms. The standard InChI is InChI=1S/C12H19N/c1-8-6-9(2)11(4)12(7-13-5)10(8)3/h6,13H,7H2,1-5H3. The van der Waals surface area contributed by atoms with Gasteiger partial charge in [-0.2, -0.15) is 0 Å². The van der Waals surface area contributed by atoms with E-state index in [2.05, 4.69) is 39.1 Å². The normalized spacial score (nSPS) is 10.5. The quantitative estimate of drug-likeness (QED) is 0.732. The molecule has 0 aromatic heterocycles. The highest BCUT2D eigenvalue weighted by atomic mass is 14.8. The molecule has 0 saturated heterocycles. The van der Waals surface area contributed by atoms with Crippen LogP contribution in [0.15, 0.2) is 6.07 Å². The number of hydrogen-bond donors (Lipinski definition) is 1. The topological polar surface area (TPSA) is 12.0 Å². The van der Waals surface area contributed by atoms with Gasteiger partial charge in [0.2, 0.25) is 0 Å². The Labute approximate surface area is 81.2 Å². The molecule has 0 fully saturated rings. The molecule has 0 aliphatic carbocycles. The average molecular weight is 177 g/mol. The summed E-state index contributed by atoms with van der Waals surface area (Å²) in [6.07, 6.45) is 0. The first-order chi connectivity index (χ1) is 6.07. The first-order valence-corrected chi connectivity index (χ1v) is 4.78. The van der Waals surface area contributed by atoms with E-state index in [-0.39, 0.29) is 0 Å². The van der Waals surface area contributed by atoms with Crippen molar-refractivity contribution in [2.24, 2.45) is 0 Å². The minimum atomic E-state index is 0.972. The summed E-state index contributed by atoms with van der Waals surface area (Å²) in [7, 11) is 2.00. The van der Waals surface area contributed by atoms with Crippen LogP contribution in [0.1, 0.15) is 27.8 Å². The molecule has 1 aromatic carbocycles. The zero-order valence-electron chi connectivity index (χ0n) is 9.28. The van der Waals surface area contributed by atoms with Crippen molar-refractivity contribution < 1.29 is 0 Å². The van der Waals surface area contributed by atoms with Crippen LogP contribution in [0.4, 0.5) is 0 Å². The van der Waals surface area contributed by atoms with Crippen molar-refractivity contribution in [1.29, 1.82) is 0 Å². The Morgan fingerprint density at radius 2 is 1.46 bits per heavy atom. The molecule has 0 amide bonds. The smallest absolute Gasteiger partial charge is 0.0207 e. The number of rotatable bonds is 2. The van der Waals surface area contributed by atoms with Crippen LogP contribution in [-0.4, -0.2) is 7.05 Å². The molecule has 0 unspecified atom stereocenters. The third-order valence-electron chi connectivity index (χ3n) is 2.87. The maximum Gasteiger partial charge on any atom is 0.0207 e. The number of nitrogens with one attached hydrogen (secondary N) is 1. The molecule has 0 atom stereocenters. The van der Waals surface area contributed by atoms with Crippen molar-refractivity contribution in [2.75, 3.05) is 7.05 Å². The van der Waals surface area contributed by atoms with Crippen LogP contribution in [0.3, 0.4) is 0 Å². The van der Waals surface area contributed by atoms with Crippen LogP contribution in [0.25, 0.3) is 0 Å². The van der Waals surface area contributed by atoms with Gasteiger partial charge < -0.3 is 5.32 Å². The zero-order valence-corrected chi connectivity index (χ0v) is 9.28. The van der Waals surface area contributed by atoms with Crippen molar-refractivity contribution in [3.8, 4) is 0 Å². The van der Waals surface area contributed by atoms with Gasteiger partial charge in [-0.3, -0.25) is 0 Å². The summed E-state index contributed by atoms with van der Waals surface area (Å²) in [5, 5.41) is 3.22. The summed E-state index contributed by atoms with van der Waals surface area (Å²) in [6.45, 7) is 9.74. The first-order valence-electron chi connectivity index (χ1n) is 4.78.